The number of amides is 3. The van der Waals surface area contributed by atoms with Crippen molar-refractivity contribution in [3.63, 3.8) is 0 Å². The SMILES string of the molecule is CC(=O)O[C@@H](C(=O)Nc1ccc(CC(=N)N)cc1)[C@H]1OCCN(c2cccc(N3CCOCC3=O)c2)C1=O. The van der Waals surface area contributed by atoms with Crippen LogP contribution in [-0.2, 0) is 39.8 Å². The third kappa shape index (κ3) is 6.33. The fourth-order valence-electron chi connectivity index (χ4n) is 4.27. The fraction of sp³-hybridized carbons (Fsp3) is 0.346. The van der Waals surface area contributed by atoms with Crippen LogP contribution in [0, 0.1) is 5.41 Å². The summed E-state index contributed by atoms with van der Waals surface area (Å²) in [6, 6.07) is 13.6. The molecule has 0 aromatic heterocycles. The first-order chi connectivity index (χ1) is 18.2. The molecule has 12 nitrogen and oxygen atoms in total. The molecule has 2 aromatic carbocycles. The van der Waals surface area contributed by atoms with Crippen LogP contribution in [0.3, 0.4) is 0 Å². The van der Waals surface area contributed by atoms with Gasteiger partial charge in [0.2, 0.25) is 6.10 Å². The molecule has 0 radical (unpaired) electrons. The van der Waals surface area contributed by atoms with E-state index in [-0.39, 0.29) is 37.9 Å². The fourth-order valence-corrected chi connectivity index (χ4v) is 4.27. The first kappa shape index (κ1) is 26.8. The molecule has 2 aliphatic heterocycles. The highest BCUT2D eigenvalue weighted by molar-refractivity contribution is 6.05. The maximum Gasteiger partial charge on any atom is 0.303 e. The molecule has 2 saturated heterocycles. The number of ether oxygens (including phenoxy) is 3. The molecular weight excluding hydrogens is 494 g/mol. The summed E-state index contributed by atoms with van der Waals surface area (Å²) in [5, 5.41) is 10.0. The van der Waals surface area contributed by atoms with Gasteiger partial charge in [-0.3, -0.25) is 24.6 Å². The molecule has 2 heterocycles. The van der Waals surface area contributed by atoms with Crippen molar-refractivity contribution < 1.29 is 33.4 Å². The summed E-state index contributed by atoms with van der Waals surface area (Å²) >= 11 is 0. The number of esters is 1. The molecule has 0 saturated carbocycles. The second-order valence-corrected chi connectivity index (χ2v) is 8.82. The van der Waals surface area contributed by atoms with Crippen LogP contribution in [-0.4, -0.2) is 74.6 Å². The highest BCUT2D eigenvalue weighted by Crippen LogP contribution is 2.27. The highest BCUT2D eigenvalue weighted by Gasteiger charge is 2.42. The van der Waals surface area contributed by atoms with Gasteiger partial charge in [-0.2, -0.15) is 0 Å². The van der Waals surface area contributed by atoms with E-state index in [4.69, 9.17) is 25.4 Å². The molecule has 12 heteroatoms. The largest absolute Gasteiger partial charge is 0.449 e. The summed E-state index contributed by atoms with van der Waals surface area (Å²) in [5.41, 5.74) is 7.75. The maximum atomic E-state index is 13.5. The topological polar surface area (TPSA) is 164 Å². The van der Waals surface area contributed by atoms with Crippen LogP contribution >= 0.6 is 0 Å². The van der Waals surface area contributed by atoms with Crippen molar-refractivity contribution in [2.75, 3.05) is 48.0 Å². The van der Waals surface area contributed by atoms with Gasteiger partial charge in [0.15, 0.2) is 6.10 Å². The van der Waals surface area contributed by atoms with Crippen LogP contribution in [0.1, 0.15) is 12.5 Å². The molecule has 4 rings (SSSR count). The smallest absolute Gasteiger partial charge is 0.303 e. The molecule has 38 heavy (non-hydrogen) atoms. The lowest BCUT2D eigenvalue weighted by molar-refractivity contribution is -0.167. The van der Waals surface area contributed by atoms with Gasteiger partial charge in [-0.05, 0) is 35.9 Å². The van der Waals surface area contributed by atoms with E-state index in [2.05, 4.69) is 5.32 Å². The van der Waals surface area contributed by atoms with E-state index in [0.717, 1.165) is 12.5 Å². The lowest BCUT2D eigenvalue weighted by Crippen LogP contribution is -2.56. The number of anilines is 3. The molecule has 2 aliphatic rings. The van der Waals surface area contributed by atoms with Gasteiger partial charge in [0, 0.05) is 43.5 Å². The van der Waals surface area contributed by atoms with Crippen LogP contribution in [0.15, 0.2) is 48.5 Å². The Bertz CT molecular complexity index is 1230. The van der Waals surface area contributed by atoms with Crippen molar-refractivity contribution >= 4 is 46.6 Å². The lowest BCUT2D eigenvalue weighted by Gasteiger charge is -2.35. The zero-order chi connectivity index (χ0) is 27.2. The number of carbonyl (C=O) groups is 4. The third-order valence-electron chi connectivity index (χ3n) is 6.00. The molecule has 2 fully saturated rings. The predicted octanol–water partition coefficient (Wildman–Crippen LogP) is 0.830. The molecule has 200 valence electrons. The highest BCUT2D eigenvalue weighted by atomic mass is 16.6. The molecule has 0 unspecified atom stereocenters. The van der Waals surface area contributed by atoms with Crippen molar-refractivity contribution in [3.05, 3.63) is 54.1 Å². The minimum atomic E-state index is -1.54. The quantitative estimate of drug-likeness (QED) is 0.260. The van der Waals surface area contributed by atoms with E-state index in [1.54, 1.807) is 53.4 Å². The van der Waals surface area contributed by atoms with Crippen LogP contribution < -0.4 is 20.9 Å². The van der Waals surface area contributed by atoms with Crippen molar-refractivity contribution in [3.8, 4) is 0 Å². The number of carbonyl (C=O) groups excluding carboxylic acids is 4. The monoisotopic (exact) mass is 523 g/mol. The Morgan fingerprint density at radius 1 is 1.11 bits per heavy atom. The Morgan fingerprint density at radius 3 is 2.45 bits per heavy atom. The zero-order valence-electron chi connectivity index (χ0n) is 20.8. The Hall–Kier alpha value is -4.29. The van der Waals surface area contributed by atoms with Gasteiger partial charge in [-0.25, -0.2) is 0 Å². The van der Waals surface area contributed by atoms with E-state index in [9.17, 15) is 19.2 Å². The van der Waals surface area contributed by atoms with Gasteiger partial charge in [-0.1, -0.05) is 18.2 Å². The van der Waals surface area contributed by atoms with E-state index >= 15 is 0 Å². The first-order valence-electron chi connectivity index (χ1n) is 12.0. The van der Waals surface area contributed by atoms with Gasteiger partial charge < -0.3 is 35.1 Å². The molecule has 3 amide bonds. The molecule has 2 atom stereocenters. The molecule has 0 bridgehead atoms. The number of morpholine rings is 2. The van der Waals surface area contributed by atoms with Gasteiger partial charge >= 0.3 is 5.97 Å². The van der Waals surface area contributed by atoms with Crippen molar-refractivity contribution in [2.24, 2.45) is 5.73 Å². The van der Waals surface area contributed by atoms with Crippen LogP contribution in [0.4, 0.5) is 17.1 Å². The second kappa shape index (κ2) is 11.8. The number of hydrogen-bond donors (Lipinski definition) is 3. The summed E-state index contributed by atoms with van der Waals surface area (Å²) in [7, 11) is 0. The standard InChI is InChI=1S/C26H29N5O7/c1-16(32)38-23(25(34)29-18-7-5-17(6-8-18)13-21(27)28)24-26(35)31(10-12-37-24)20-4-2-3-19(14-20)30-9-11-36-15-22(30)33/h2-8,14,23-24H,9-13,15H2,1H3,(H3,27,28)(H,29,34)/t23-,24-/m1/s1. The van der Waals surface area contributed by atoms with Gasteiger partial charge in [-0.15, -0.1) is 0 Å². The normalized spacial score (nSPS) is 18.6. The average molecular weight is 524 g/mol. The molecular formula is C26H29N5O7. The summed E-state index contributed by atoms with van der Waals surface area (Å²) in [6.07, 6.45) is -2.65. The Labute approximate surface area is 219 Å². The third-order valence-corrected chi connectivity index (χ3v) is 6.00. The number of rotatable bonds is 8. The Balaban J connectivity index is 1.52. The van der Waals surface area contributed by atoms with Crippen molar-refractivity contribution in [1.82, 2.24) is 0 Å². The minimum absolute atomic E-state index is 0.0105. The van der Waals surface area contributed by atoms with Gasteiger partial charge in [0.05, 0.1) is 19.0 Å². The van der Waals surface area contributed by atoms with Crippen LogP contribution in [0.25, 0.3) is 0 Å². The summed E-state index contributed by atoms with van der Waals surface area (Å²) in [4.78, 5) is 53.8. The zero-order valence-corrected chi connectivity index (χ0v) is 20.8. The summed E-state index contributed by atoms with van der Waals surface area (Å²) < 4.78 is 16.1. The van der Waals surface area contributed by atoms with E-state index in [1.165, 1.54) is 4.90 Å². The number of benzene rings is 2. The van der Waals surface area contributed by atoms with E-state index in [0.29, 0.717) is 30.2 Å². The minimum Gasteiger partial charge on any atom is -0.449 e. The number of nitrogens with one attached hydrogen (secondary N) is 2. The van der Waals surface area contributed by atoms with E-state index < -0.39 is 30.0 Å². The lowest BCUT2D eigenvalue weighted by atomic mass is 10.1. The van der Waals surface area contributed by atoms with Crippen LogP contribution in [0.2, 0.25) is 0 Å². The van der Waals surface area contributed by atoms with Crippen LogP contribution in [0.5, 0.6) is 0 Å². The first-order valence-corrected chi connectivity index (χ1v) is 12.0. The molecule has 0 spiro atoms. The Morgan fingerprint density at radius 2 is 1.79 bits per heavy atom. The molecule has 4 N–H and O–H groups in total. The summed E-state index contributed by atoms with van der Waals surface area (Å²) in [5.74, 6) is -2.20. The predicted molar refractivity (Wildman–Crippen MR) is 138 cm³/mol. The maximum absolute atomic E-state index is 13.5. The Kier molecular flexibility index (Phi) is 8.34. The average Bonchev–Trinajstić information content (AvgIpc) is 2.89. The second-order valence-electron chi connectivity index (χ2n) is 8.82. The van der Waals surface area contributed by atoms with Crippen molar-refractivity contribution in [2.45, 2.75) is 25.6 Å². The number of nitrogens with two attached hydrogens (primary N) is 1. The molecule has 2 aromatic rings. The van der Waals surface area contributed by atoms with Gasteiger partial charge in [0.25, 0.3) is 17.7 Å². The van der Waals surface area contributed by atoms with Gasteiger partial charge in [0.1, 0.15) is 6.61 Å². The van der Waals surface area contributed by atoms with E-state index in [1.807, 2.05) is 0 Å². The van der Waals surface area contributed by atoms with Crippen molar-refractivity contribution in [1.29, 1.82) is 5.41 Å². The summed E-state index contributed by atoms with van der Waals surface area (Å²) in [6.45, 7) is 2.25. The number of amidine groups is 1. The number of nitrogens with zero attached hydrogens (tertiary/aromatic N) is 2. The molecule has 0 aliphatic carbocycles. The number of hydrogen-bond acceptors (Lipinski definition) is 8.